The Kier molecular flexibility index (Phi) is 5.40. The number of nitrogens with zero attached hydrogens (tertiary/aromatic N) is 1. The largest absolute Gasteiger partial charge is 0.490 e. The van der Waals surface area contributed by atoms with Gasteiger partial charge in [0.05, 0.1) is 17.7 Å². The van der Waals surface area contributed by atoms with Gasteiger partial charge in [0.1, 0.15) is 12.4 Å². The summed E-state index contributed by atoms with van der Waals surface area (Å²) in [5.41, 5.74) is 3.89. The number of benzene rings is 1. The van der Waals surface area contributed by atoms with Crippen molar-refractivity contribution in [3.8, 4) is 11.6 Å². The summed E-state index contributed by atoms with van der Waals surface area (Å²) in [6.45, 7) is 5.41. The van der Waals surface area contributed by atoms with Gasteiger partial charge in [0.15, 0.2) is 5.67 Å². The minimum Gasteiger partial charge on any atom is -0.490 e. The summed E-state index contributed by atoms with van der Waals surface area (Å²) >= 11 is 0. The van der Waals surface area contributed by atoms with Crippen LogP contribution in [-0.4, -0.2) is 41.2 Å². The second kappa shape index (κ2) is 7.61. The Hall–Kier alpha value is -2.90. The van der Waals surface area contributed by atoms with Crippen molar-refractivity contribution < 1.29 is 23.5 Å². The number of rotatable bonds is 7. The fourth-order valence-electron chi connectivity index (χ4n) is 3.27. The Morgan fingerprint density at radius 1 is 1.46 bits per heavy atom. The number of nitrogens with one attached hydrogen (secondary N) is 1. The van der Waals surface area contributed by atoms with Gasteiger partial charge < -0.3 is 20.5 Å². The van der Waals surface area contributed by atoms with Crippen LogP contribution in [0.2, 0.25) is 0 Å². The number of fused-ring (bicyclic) bond motifs is 1. The Morgan fingerprint density at radius 2 is 2.21 bits per heavy atom. The first-order valence-electron chi connectivity index (χ1n) is 9.25. The first kappa shape index (κ1) is 19.9. The second-order valence-corrected chi connectivity index (χ2v) is 7.22. The molecule has 1 unspecified atom stereocenters. The molecule has 150 valence electrons. The van der Waals surface area contributed by atoms with Crippen LogP contribution in [0.25, 0.3) is 10.8 Å². The minimum atomic E-state index is -1.85. The molecule has 1 fully saturated rings. The highest BCUT2D eigenvalue weighted by Gasteiger charge is 2.46. The van der Waals surface area contributed by atoms with Crippen LogP contribution in [0.3, 0.4) is 0 Å². The topological polar surface area (TPSA) is 104 Å². The molecule has 0 aliphatic carbocycles. The zero-order valence-electron chi connectivity index (χ0n) is 16.1. The maximum atomic E-state index is 14.4. The highest BCUT2D eigenvalue weighted by molar-refractivity contribution is 6.01. The van der Waals surface area contributed by atoms with Gasteiger partial charge in [-0.2, -0.15) is 0 Å². The van der Waals surface area contributed by atoms with Crippen LogP contribution in [0, 0.1) is 0 Å². The lowest BCUT2D eigenvalue weighted by Crippen LogP contribution is -2.34. The van der Waals surface area contributed by atoms with Crippen molar-refractivity contribution in [2.45, 2.75) is 51.4 Å². The number of halogens is 1. The molecule has 2 atom stereocenters. The molecule has 1 aromatic carbocycles. The summed E-state index contributed by atoms with van der Waals surface area (Å²) in [5.74, 6) is -0.544. The van der Waals surface area contributed by atoms with Crippen LogP contribution in [0.15, 0.2) is 24.4 Å². The number of hydrogen-bond acceptors (Lipinski definition) is 5. The average Bonchev–Trinajstić information content (AvgIpc) is 2.93. The molecule has 2 heterocycles. The summed E-state index contributed by atoms with van der Waals surface area (Å²) < 4.78 is 25.9. The summed E-state index contributed by atoms with van der Waals surface area (Å²) in [4.78, 5) is 27.8. The highest BCUT2D eigenvalue weighted by atomic mass is 19.1. The van der Waals surface area contributed by atoms with Crippen LogP contribution < -0.4 is 20.5 Å². The van der Waals surface area contributed by atoms with E-state index in [0.29, 0.717) is 22.4 Å². The van der Waals surface area contributed by atoms with Crippen LogP contribution >= 0.6 is 0 Å². The Morgan fingerprint density at radius 3 is 2.82 bits per heavy atom. The number of carbonyl (C=O) groups excluding carboxylic acids is 2. The number of alkyl halides is 1. The van der Waals surface area contributed by atoms with Gasteiger partial charge in [-0.25, -0.2) is 9.37 Å². The number of ether oxygens (including phenoxy) is 2. The molecule has 0 radical (unpaired) electrons. The van der Waals surface area contributed by atoms with E-state index in [1.54, 1.807) is 31.3 Å². The van der Waals surface area contributed by atoms with E-state index in [0.717, 1.165) is 0 Å². The summed E-state index contributed by atoms with van der Waals surface area (Å²) in [6.07, 6.45) is 1.57. The molecule has 8 heteroatoms. The monoisotopic (exact) mass is 389 g/mol. The van der Waals surface area contributed by atoms with E-state index in [-0.39, 0.29) is 31.1 Å². The molecule has 0 spiro atoms. The van der Waals surface area contributed by atoms with Crippen LogP contribution in [0.1, 0.15) is 44.0 Å². The molecule has 1 aromatic heterocycles. The molecule has 2 amide bonds. The zero-order valence-corrected chi connectivity index (χ0v) is 16.1. The van der Waals surface area contributed by atoms with E-state index in [2.05, 4.69) is 10.3 Å². The predicted octanol–water partition coefficient (Wildman–Crippen LogP) is 2.51. The molecule has 3 rings (SSSR count). The fraction of sp³-hybridized carbons (Fsp3) is 0.450. The quantitative estimate of drug-likeness (QED) is 0.757. The van der Waals surface area contributed by atoms with Crippen LogP contribution in [0.4, 0.5) is 4.39 Å². The van der Waals surface area contributed by atoms with Crippen molar-refractivity contribution in [3.05, 3.63) is 30.0 Å². The first-order valence-corrected chi connectivity index (χ1v) is 9.25. The number of carbonyl (C=O) groups is 2. The highest BCUT2D eigenvalue weighted by Crippen LogP contribution is 2.32. The van der Waals surface area contributed by atoms with Gasteiger partial charge in [-0.3, -0.25) is 9.59 Å². The molecule has 1 aliphatic rings. The smallest absolute Gasteiger partial charge is 0.258 e. The minimum absolute atomic E-state index is 0.0562. The summed E-state index contributed by atoms with van der Waals surface area (Å²) in [7, 11) is 0. The van der Waals surface area contributed by atoms with Gasteiger partial charge in [-0.1, -0.05) is 6.92 Å². The van der Waals surface area contributed by atoms with Gasteiger partial charge in [0.25, 0.3) is 11.8 Å². The molecule has 2 aromatic rings. The van der Waals surface area contributed by atoms with Crippen molar-refractivity contribution in [2.75, 3.05) is 6.61 Å². The Balaban J connectivity index is 1.87. The normalized spacial score (nSPS) is 21.8. The molecular weight excluding hydrogens is 365 g/mol. The van der Waals surface area contributed by atoms with Gasteiger partial charge in [0, 0.05) is 18.0 Å². The SMILES string of the molecule is CC[C@]1(F)CC(COc2nccc3cc(C(N)=O)c(OC(C)C)cc23)NC1=O. The third-order valence-electron chi connectivity index (χ3n) is 4.75. The second-order valence-electron chi connectivity index (χ2n) is 7.22. The van der Waals surface area contributed by atoms with Gasteiger partial charge in [-0.15, -0.1) is 0 Å². The van der Waals surface area contributed by atoms with E-state index in [9.17, 15) is 14.0 Å². The third-order valence-corrected chi connectivity index (χ3v) is 4.75. The fourth-order valence-corrected chi connectivity index (χ4v) is 3.27. The van der Waals surface area contributed by atoms with E-state index in [4.69, 9.17) is 15.2 Å². The molecule has 28 heavy (non-hydrogen) atoms. The number of pyridine rings is 1. The van der Waals surface area contributed by atoms with Crippen LogP contribution in [-0.2, 0) is 4.79 Å². The number of hydrogen-bond donors (Lipinski definition) is 2. The molecule has 7 nitrogen and oxygen atoms in total. The number of primary amides is 1. The van der Waals surface area contributed by atoms with Crippen molar-refractivity contribution in [1.29, 1.82) is 0 Å². The maximum absolute atomic E-state index is 14.4. The van der Waals surface area contributed by atoms with E-state index in [1.807, 2.05) is 13.8 Å². The van der Waals surface area contributed by atoms with Crippen molar-refractivity contribution in [3.63, 3.8) is 0 Å². The van der Waals surface area contributed by atoms with Crippen molar-refractivity contribution in [1.82, 2.24) is 10.3 Å². The number of aromatic nitrogens is 1. The lowest BCUT2D eigenvalue weighted by molar-refractivity contribution is -0.129. The molecule has 1 aliphatic heterocycles. The number of nitrogens with two attached hydrogens (primary N) is 1. The lowest BCUT2D eigenvalue weighted by atomic mass is 9.99. The standard InChI is InChI=1S/C20H24FN3O4/c1-4-20(21)9-13(24-19(20)26)10-27-18-14-8-16(28-11(2)3)15(17(22)25)7-12(14)5-6-23-18/h5-8,11,13H,4,9-10H2,1-3H3,(H2,22,25)(H,24,26)/t13?,20-/m0/s1. The van der Waals surface area contributed by atoms with Crippen LogP contribution in [0.5, 0.6) is 11.6 Å². The molecule has 0 saturated carbocycles. The average molecular weight is 389 g/mol. The summed E-state index contributed by atoms with van der Waals surface area (Å²) in [5, 5.41) is 3.96. The zero-order chi connectivity index (χ0) is 20.5. The summed E-state index contributed by atoms with van der Waals surface area (Å²) in [6, 6.07) is 4.58. The Labute approximate surface area is 162 Å². The Bertz CT molecular complexity index is 918. The maximum Gasteiger partial charge on any atom is 0.258 e. The van der Waals surface area contributed by atoms with Crippen molar-refractivity contribution in [2.24, 2.45) is 5.73 Å². The molecule has 1 saturated heterocycles. The molecular formula is C20H24FN3O4. The van der Waals surface area contributed by atoms with Gasteiger partial charge in [-0.05, 0) is 43.9 Å². The van der Waals surface area contributed by atoms with E-state index < -0.39 is 23.5 Å². The van der Waals surface area contributed by atoms with E-state index >= 15 is 0 Å². The van der Waals surface area contributed by atoms with Gasteiger partial charge in [0.2, 0.25) is 5.88 Å². The first-order chi connectivity index (χ1) is 13.2. The molecule has 3 N–H and O–H groups in total. The lowest BCUT2D eigenvalue weighted by Gasteiger charge is -2.16. The predicted molar refractivity (Wildman–Crippen MR) is 102 cm³/mol. The third kappa shape index (κ3) is 3.85. The van der Waals surface area contributed by atoms with Crippen molar-refractivity contribution >= 4 is 22.6 Å². The van der Waals surface area contributed by atoms with E-state index in [1.165, 1.54) is 0 Å². The molecule has 0 bridgehead atoms. The number of amides is 2. The van der Waals surface area contributed by atoms with Gasteiger partial charge >= 0.3 is 0 Å².